The molecule has 2 nitrogen and oxygen atoms in total. The highest BCUT2D eigenvalue weighted by Gasteiger charge is 2.29. The van der Waals surface area contributed by atoms with Crippen LogP contribution in [-0.4, -0.2) is 19.2 Å². The van der Waals surface area contributed by atoms with Crippen LogP contribution in [0.3, 0.4) is 0 Å². The molecule has 0 spiro atoms. The first-order valence-corrected chi connectivity index (χ1v) is 6.78. The fraction of sp³-hybridized carbons (Fsp3) is 0.571. The normalized spacial score (nSPS) is 21.3. The first-order chi connectivity index (χ1) is 8.59. The molecule has 1 fully saturated rings. The molecule has 4 heteroatoms. The van der Waals surface area contributed by atoms with Gasteiger partial charge in [0.2, 0.25) is 0 Å². The highest BCUT2D eigenvalue weighted by molar-refractivity contribution is 6.32. The lowest BCUT2D eigenvalue weighted by molar-refractivity contribution is 0.0971. The fourth-order valence-corrected chi connectivity index (χ4v) is 2.63. The number of benzene rings is 1. The fourth-order valence-electron chi connectivity index (χ4n) is 2.46. The predicted octanol–water partition coefficient (Wildman–Crippen LogP) is 3.49. The maximum absolute atomic E-state index is 13.4. The van der Waals surface area contributed by atoms with E-state index in [0.717, 1.165) is 19.5 Å². The molecule has 2 atom stereocenters. The van der Waals surface area contributed by atoms with Gasteiger partial charge in [0, 0.05) is 12.5 Å². The molecule has 1 aromatic carbocycles. The minimum atomic E-state index is -0.429. The molecule has 1 aliphatic heterocycles. The van der Waals surface area contributed by atoms with Crippen molar-refractivity contribution >= 4 is 11.6 Å². The Morgan fingerprint density at radius 1 is 1.44 bits per heavy atom. The van der Waals surface area contributed by atoms with Gasteiger partial charge in [0.1, 0.15) is 22.7 Å². The van der Waals surface area contributed by atoms with Gasteiger partial charge < -0.3 is 10.1 Å². The molecule has 0 saturated carbocycles. The molecule has 0 radical (unpaired) electrons. The Morgan fingerprint density at radius 3 is 2.83 bits per heavy atom. The second-order valence-electron chi connectivity index (χ2n) is 5.13. The monoisotopic (exact) mass is 271 g/mol. The average molecular weight is 272 g/mol. The number of hydrogen-bond acceptors (Lipinski definition) is 2. The van der Waals surface area contributed by atoms with Gasteiger partial charge in [-0.2, -0.15) is 0 Å². The second kappa shape index (κ2) is 5.89. The van der Waals surface area contributed by atoms with Crippen molar-refractivity contribution in [3.05, 3.63) is 29.0 Å². The summed E-state index contributed by atoms with van der Waals surface area (Å²) in [6.45, 7) is 6.22. The number of nitrogens with one attached hydrogen (secondary N) is 1. The van der Waals surface area contributed by atoms with Crippen molar-refractivity contribution < 1.29 is 9.13 Å². The van der Waals surface area contributed by atoms with Gasteiger partial charge in [-0.3, -0.25) is 0 Å². The Kier molecular flexibility index (Phi) is 4.46. The predicted molar refractivity (Wildman–Crippen MR) is 71.6 cm³/mol. The van der Waals surface area contributed by atoms with Crippen LogP contribution in [0.2, 0.25) is 5.02 Å². The van der Waals surface area contributed by atoms with E-state index in [1.807, 2.05) is 0 Å². The second-order valence-corrected chi connectivity index (χ2v) is 5.51. The van der Waals surface area contributed by atoms with Crippen LogP contribution in [0.1, 0.15) is 20.3 Å². The van der Waals surface area contributed by atoms with Gasteiger partial charge in [0.05, 0.1) is 0 Å². The van der Waals surface area contributed by atoms with Crippen LogP contribution < -0.4 is 10.1 Å². The zero-order chi connectivity index (χ0) is 13.1. The summed E-state index contributed by atoms with van der Waals surface area (Å²) < 4.78 is 19.3. The van der Waals surface area contributed by atoms with E-state index in [9.17, 15) is 4.39 Å². The van der Waals surface area contributed by atoms with Gasteiger partial charge >= 0.3 is 0 Å². The minimum absolute atomic E-state index is 0.0688. The Morgan fingerprint density at radius 2 is 2.22 bits per heavy atom. The smallest absolute Gasteiger partial charge is 0.145 e. The summed E-state index contributed by atoms with van der Waals surface area (Å²) in [7, 11) is 0. The van der Waals surface area contributed by atoms with Crippen molar-refractivity contribution in [3.8, 4) is 5.75 Å². The molecule has 100 valence electrons. The van der Waals surface area contributed by atoms with Crippen LogP contribution in [0.15, 0.2) is 18.2 Å². The van der Waals surface area contributed by atoms with E-state index in [1.54, 1.807) is 12.1 Å². The highest BCUT2D eigenvalue weighted by atomic mass is 35.5. The van der Waals surface area contributed by atoms with E-state index in [0.29, 0.717) is 17.6 Å². The molecule has 1 N–H and O–H groups in total. The summed E-state index contributed by atoms with van der Waals surface area (Å²) >= 11 is 5.93. The van der Waals surface area contributed by atoms with Crippen LogP contribution in [0.5, 0.6) is 5.75 Å². The van der Waals surface area contributed by atoms with Gasteiger partial charge in [-0.25, -0.2) is 4.39 Å². The molecule has 0 aromatic heterocycles. The largest absolute Gasteiger partial charge is 0.488 e. The maximum Gasteiger partial charge on any atom is 0.145 e. The van der Waals surface area contributed by atoms with E-state index >= 15 is 0 Å². The lowest BCUT2D eigenvalue weighted by Gasteiger charge is -2.28. The van der Waals surface area contributed by atoms with Gasteiger partial charge in [-0.15, -0.1) is 0 Å². The molecular formula is C14H19ClFNO. The summed E-state index contributed by atoms with van der Waals surface area (Å²) in [5.74, 6) is 0.849. The van der Waals surface area contributed by atoms with E-state index < -0.39 is 5.82 Å². The lowest BCUT2D eigenvalue weighted by atomic mass is 9.92. The van der Waals surface area contributed by atoms with Crippen molar-refractivity contribution in [1.29, 1.82) is 0 Å². The average Bonchev–Trinajstić information content (AvgIpc) is 2.84. The molecule has 0 amide bonds. The third-order valence-corrected chi connectivity index (χ3v) is 3.77. The summed E-state index contributed by atoms with van der Waals surface area (Å²) in [4.78, 5) is 0. The van der Waals surface area contributed by atoms with Crippen molar-refractivity contribution in [2.24, 2.45) is 11.8 Å². The molecule has 0 aliphatic carbocycles. The van der Waals surface area contributed by atoms with Gasteiger partial charge in [0.25, 0.3) is 0 Å². The minimum Gasteiger partial charge on any atom is -0.488 e. The molecule has 0 unspecified atom stereocenters. The third-order valence-electron chi connectivity index (χ3n) is 3.40. The van der Waals surface area contributed by atoms with Crippen LogP contribution in [-0.2, 0) is 0 Å². The van der Waals surface area contributed by atoms with Crippen molar-refractivity contribution in [2.45, 2.75) is 26.4 Å². The Labute approximate surface area is 112 Å². The molecule has 1 aromatic rings. The van der Waals surface area contributed by atoms with Crippen molar-refractivity contribution in [3.63, 3.8) is 0 Å². The number of hydrogen-bond donors (Lipinski definition) is 1. The summed E-state index contributed by atoms with van der Waals surface area (Å²) in [5, 5.41) is 3.41. The highest BCUT2D eigenvalue weighted by Crippen LogP contribution is 2.31. The molecular weight excluding hydrogens is 253 g/mol. The van der Waals surface area contributed by atoms with Crippen LogP contribution in [0, 0.1) is 17.7 Å². The SMILES string of the molecule is CC(C)[C@H](Oc1cccc(F)c1Cl)[C@@H]1CCNC1. The topological polar surface area (TPSA) is 21.3 Å². The Hall–Kier alpha value is -0.800. The van der Waals surface area contributed by atoms with Gasteiger partial charge in [0.15, 0.2) is 0 Å². The summed E-state index contributed by atoms with van der Waals surface area (Å²) in [6.07, 6.45) is 1.16. The van der Waals surface area contributed by atoms with E-state index in [4.69, 9.17) is 16.3 Å². The summed E-state index contributed by atoms with van der Waals surface area (Å²) in [6, 6.07) is 4.70. The first kappa shape index (κ1) is 13.6. The van der Waals surface area contributed by atoms with Gasteiger partial charge in [-0.1, -0.05) is 31.5 Å². The standard InChI is InChI=1S/C14H19ClFNO/c1-9(2)14(10-6-7-17-8-10)18-12-5-3-4-11(16)13(12)15/h3-5,9-10,14,17H,6-8H2,1-2H3/t10-,14+/m1/s1. The van der Waals surface area contributed by atoms with Gasteiger partial charge in [-0.05, 0) is 31.0 Å². The molecule has 18 heavy (non-hydrogen) atoms. The first-order valence-electron chi connectivity index (χ1n) is 6.41. The zero-order valence-electron chi connectivity index (χ0n) is 10.7. The Bertz CT molecular complexity index is 405. The third kappa shape index (κ3) is 2.96. The number of ether oxygens (including phenoxy) is 1. The molecule has 1 aliphatic rings. The maximum atomic E-state index is 13.4. The molecule has 1 heterocycles. The molecule has 1 saturated heterocycles. The van der Waals surface area contributed by atoms with E-state index in [-0.39, 0.29) is 11.1 Å². The Balaban J connectivity index is 2.15. The van der Waals surface area contributed by atoms with Crippen molar-refractivity contribution in [1.82, 2.24) is 5.32 Å². The van der Waals surface area contributed by atoms with Crippen LogP contribution >= 0.6 is 11.6 Å². The van der Waals surface area contributed by atoms with E-state index in [1.165, 1.54) is 6.07 Å². The van der Waals surface area contributed by atoms with E-state index in [2.05, 4.69) is 19.2 Å². The zero-order valence-corrected chi connectivity index (χ0v) is 11.5. The lowest BCUT2D eigenvalue weighted by Crippen LogP contribution is -2.33. The summed E-state index contributed by atoms with van der Waals surface area (Å²) in [5.41, 5.74) is 0. The number of rotatable bonds is 4. The van der Waals surface area contributed by atoms with Crippen molar-refractivity contribution in [2.75, 3.05) is 13.1 Å². The molecule has 2 rings (SSSR count). The van der Waals surface area contributed by atoms with Crippen LogP contribution in [0.25, 0.3) is 0 Å². The molecule has 0 bridgehead atoms. The van der Waals surface area contributed by atoms with Crippen LogP contribution in [0.4, 0.5) is 4.39 Å². The quantitative estimate of drug-likeness (QED) is 0.905. The number of halogens is 2.